The van der Waals surface area contributed by atoms with Gasteiger partial charge >= 0.3 is 0 Å². The van der Waals surface area contributed by atoms with Crippen molar-refractivity contribution >= 4 is 5.91 Å². The zero-order chi connectivity index (χ0) is 19.1. The number of rotatable bonds is 2. The van der Waals surface area contributed by atoms with Crippen LogP contribution in [0.4, 0.5) is 0 Å². The summed E-state index contributed by atoms with van der Waals surface area (Å²) in [6.45, 7) is 5.44. The number of amides is 1. The van der Waals surface area contributed by atoms with Crippen LogP contribution in [-0.4, -0.2) is 52.0 Å². The highest BCUT2D eigenvalue weighted by Gasteiger charge is 2.45. The summed E-state index contributed by atoms with van der Waals surface area (Å²) in [6, 6.07) is 9.63. The van der Waals surface area contributed by atoms with Gasteiger partial charge in [0, 0.05) is 25.1 Å². The first-order valence-corrected chi connectivity index (χ1v) is 9.57. The van der Waals surface area contributed by atoms with E-state index in [0.29, 0.717) is 49.6 Å². The van der Waals surface area contributed by atoms with E-state index in [4.69, 9.17) is 9.26 Å². The van der Waals surface area contributed by atoms with Gasteiger partial charge in [-0.15, -0.1) is 0 Å². The van der Waals surface area contributed by atoms with Crippen molar-refractivity contribution in [1.82, 2.24) is 10.1 Å². The van der Waals surface area contributed by atoms with Crippen molar-refractivity contribution in [1.29, 1.82) is 0 Å². The lowest BCUT2D eigenvalue weighted by molar-refractivity contribution is -0.170. The molecule has 3 heterocycles. The average molecular weight is 370 g/mol. The monoisotopic (exact) mass is 370 g/mol. The van der Waals surface area contributed by atoms with E-state index in [2.05, 4.69) is 5.16 Å². The maximum atomic E-state index is 13.2. The van der Waals surface area contributed by atoms with E-state index in [0.717, 1.165) is 18.4 Å². The molecular formula is C21H26N2O4. The minimum Gasteiger partial charge on any atom is -0.390 e. The molecule has 2 aliphatic rings. The molecule has 2 aliphatic heterocycles. The molecule has 2 saturated heterocycles. The molecule has 1 aromatic carbocycles. The molecule has 1 aromatic heterocycles. The molecule has 144 valence electrons. The largest absolute Gasteiger partial charge is 0.390 e. The molecule has 0 bridgehead atoms. The van der Waals surface area contributed by atoms with Crippen molar-refractivity contribution in [3.63, 3.8) is 0 Å². The third kappa shape index (κ3) is 3.51. The van der Waals surface area contributed by atoms with Crippen molar-refractivity contribution in [2.24, 2.45) is 0 Å². The molecule has 4 rings (SSSR count). The number of piperidine rings is 1. The predicted octanol–water partition coefficient (Wildman–Crippen LogP) is 3.19. The van der Waals surface area contributed by atoms with E-state index in [1.54, 1.807) is 6.92 Å². The molecule has 2 fully saturated rings. The number of hydrogen-bond acceptors (Lipinski definition) is 5. The van der Waals surface area contributed by atoms with Crippen molar-refractivity contribution in [3.8, 4) is 11.3 Å². The Morgan fingerprint density at radius 2 is 1.89 bits per heavy atom. The average Bonchev–Trinajstić information content (AvgIpc) is 3.03. The molecule has 0 radical (unpaired) electrons. The first-order valence-electron chi connectivity index (χ1n) is 9.57. The van der Waals surface area contributed by atoms with Gasteiger partial charge in [0.05, 0.1) is 17.8 Å². The zero-order valence-electron chi connectivity index (χ0n) is 15.9. The van der Waals surface area contributed by atoms with Gasteiger partial charge in [-0.3, -0.25) is 4.79 Å². The number of aliphatic hydroxyl groups is 1. The normalized spacial score (nSPS) is 24.9. The summed E-state index contributed by atoms with van der Waals surface area (Å²) in [7, 11) is 0. The Kier molecular flexibility index (Phi) is 4.56. The highest BCUT2D eigenvalue weighted by atomic mass is 16.5. The highest BCUT2D eigenvalue weighted by molar-refractivity contribution is 6.00. The molecule has 1 unspecified atom stereocenters. The fourth-order valence-electron chi connectivity index (χ4n) is 4.33. The number of carbonyl (C=O) groups is 1. The molecular weight excluding hydrogens is 344 g/mol. The van der Waals surface area contributed by atoms with Crippen molar-refractivity contribution < 1.29 is 19.2 Å². The zero-order valence-corrected chi connectivity index (χ0v) is 15.9. The minimum absolute atomic E-state index is 0.0509. The third-order valence-corrected chi connectivity index (χ3v) is 5.84. The van der Waals surface area contributed by atoms with Crippen LogP contribution >= 0.6 is 0 Å². The molecule has 0 aliphatic carbocycles. The van der Waals surface area contributed by atoms with Gasteiger partial charge in [-0.1, -0.05) is 35.5 Å². The van der Waals surface area contributed by atoms with Gasteiger partial charge in [-0.2, -0.15) is 0 Å². The topological polar surface area (TPSA) is 75.8 Å². The van der Waals surface area contributed by atoms with Gasteiger partial charge in [0.25, 0.3) is 5.91 Å². The Labute approximate surface area is 159 Å². The van der Waals surface area contributed by atoms with E-state index in [1.807, 2.05) is 42.2 Å². The number of hydrogen-bond donors (Lipinski definition) is 1. The van der Waals surface area contributed by atoms with Crippen molar-refractivity contribution in [3.05, 3.63) is 41.7 Å². The van der Waals surface area contributed by atoms with Crippen LogP contribution in [0, 0.1) is 6.92 Å². The molecule has 1 spiro atoms. The molecule has 2 aromatic rings. The highest BCUT2D eigenvalue weighted by Crippen LogP contribution is 2.40. The minimum atomic E-state index is -0.685. The summed E-state index contributed by atoms with van der Waals surface area (Å²) in [5.41, 5.74) is 1.00. The summed E-state index contributed by atoms with van der Waals surface area (Å²) < 4.78 is 11.4. The van der Waals surface area contributed by atoms with Gasteiger partial charge in [-0.05, 0) is 33.1 Å². The van der Waals surface area contributed by atoms with Crippen LogP contribution in [0.15, 0.2) is 34.9 Å². The number of nitrogens with zero attached hydrogens (tertiary/aromatic N) is 2. The summed E-state index contributed by atoms with van der Waals surface area (Å²) in [5.74, 6) is 0.487. The molecule has 1 N–H and O–H groups in total. The lowest BCUT2D eigenvalue weighted by atomic mass is 9.78. The lowest BCUT2D eigenvalue weighted by Gasteiger charge is -2.48. The van der Waals surface area contributed by atoms with E-state index in [9.17, 15) is 9.90 Å². The number of benzene rings is 1. The smallest absolute Gasteiger partial charge is 0.259 e. The van der Waals surface area contributed by atoms with Crippen LogP contribution < -0.4 is 0 Å². The fourth-order valence-corrected chi connectivity index (χ4v) is 4.33. The van der Waals surface area contributed by atoms with Crippen LogP contribution in [0.1, 0.15) is 48.7 Å². The van der Waals surface area contributed by atoms with Crippen LogP contribution in [0.3, 0.4) is 0 Å². The summed E-state index contributed by atoms with van der Waals surface area (Å²) in [6.07, 6.45) is 2.76. The molecule has 27 heavy (non-hydrogen) atoms. The predicted molar refractivity (Wildman–Crippen MR) is 100 cm³/mol. The Balaban J connectivity index is 1.52. The van der Waals surface area contributed by atoms with Crippen LogP contribution in [0.2, 0.25) is 0 Å². The third-order valence-electron chi connectivity index (χ3n) is 5.84. The molecule has 1 atom stereocenters. The summed E-state index contributed by atoms with van der Waals surface area (Å²) in [4.78, 5) is 15.1. The number of carbonyl (C=O) groups excluding carboxylic acids is 1. The van der Waals surface area contributed by atoms with Crippen LogP contribution in [-0.2, 0) is 4.74 Å². The number of aromatic nitrogens is 1. The maximum absolute atomic E-state index is 13.2. The van der Waals surface area contributed by atoms with Gasteiger partial charge in [0.1, 0.15) is 17.0 Å². The Bertz CT molecular complexity index is 820. The summed E-state index contributed by atoms with van der Waals surface area (Å²) in [5, 5.41) is 14.6. The Morgan fingerprint density at radius 1 is 1.19 bits per heavy atom. The first kappa shape index (κ1) is 18.2. The second-order valence-corrected chi connectivity index (χ2v) is 8.08. The van der Waals surface area contributed by atoms with Crippen LogP contribution in [0.5, 0.6) is 0 Å². The second kappa shape index (κ2) is 6.77. The standard InChI is InChI=1S/C21H26N2O4/c1-15-17(18(22-27-15)16-6-4-3-5-7-16)19(24)23-11-8-21(9-12-23)14-20(2,25)10-13-26-21/h3-7,25H,8-14H2,1-2H3. The maximum Gasteiger partial charge on any atom is 0.259 e. The SMILES string of the molecule is Cc1onc(-c2ccccc2)c1C(=O)N1CCC2(CC1)CC(C)(O)CCO2. The summed E-state index contributed by atoms with van der Waals surface area (Å²) >= 11 is 0. The Hall–Kier alpha value is -2.18. The van der Waals surface area contributed by atoms with Crippen molar-refractivity contribution in [2.75, 3.05) is 19.7 Å². The quantitative estimate of drug-likeness (QED) is 0.879. The van der Waals surface area contributed by atoms with Crippen molar-refractivity contribution in [2.45, 2.75) is 50.7 Å². The second-order valence-electron chi connectivity index (χ2n) is 8.08. The fraction of sp³-hybridized carbons (Fsp3) is 0.524. The Morgan fingerprint density at radius 3 is 2.56 bits per heavy atom. The van der Waals surface area contributed by atoms with Gasteiger partial charge < -0.3 is 19.3 Å². The first-order chi connectivity index (χ1) is 12.9. The van der Waals surface area contributed by atoms with E-state index < -0.39 is 5.60 Å². The number of ether oxygens (including phenoxy) is 1. The van der Waals surface area contributed by atoms with Gasteiger partial charge in [0.2, 0.25) is 0 Å². The number of likely N-dealkylation sites (tertiary alicyclic amines) is 1. The van der Waals surface area contributed by atoms with Gasteiger partial charge in [-0.25, -0.2) is 0 Å². The molecule has 6 heteroatoms. The lowest BCUT2D eigenvalue weighted by Crippen LogP contribution is -2.54. The van der Waals surface area contributed by atoms with Crippen LogP contribution in [0.25, 0.3) is 11.3 Å². The number of aryl methyl sites for hydroxylation is 1. The van der Waals surface area contributed by atoms with Gasteiger partial charge in [0.15, 0.2) is 0 Å². The molecule has 0 saturated carbocycles. The molecule has 1 amide bonds. The van der Waals surface area contributed by atoms with E-state index >= 15 is 0 Å². The van der Waals surface area contributed by atoms with E-state index in [1.165, 1.54) is 0 Å². The molecule has 6 nitrogen and oxygen atoms in total. The van der Waals surface area contributed by atoms with E-state index in [-0.39, 0.29) is 11.5 Å².